The second-order valence-corrected chi connectivity index (χ2v) is 2.64. The molecule has 0 bridgehead atoms. The Bertz CT molecular complexity index is 420. The van der Waals surface area contributed by atoms with E-state index in [1.54, 1.807) is 6.20 Å². The maximum absolute atomic E-state index is 5.35. The highest BCUT2D eigenvalue weighted by Gasteiger charge is 2.03. The van der Waals surface area contributed by atoms with E-state index in [4.69, 9.17) is 10.8 Å². The third-order valence-corrected chi connectivity index (χ3v) is 1.69. The third kappa shape index (κ3) is 1.52. The minimum atomic E-state index is 0.578. The second kappa shape index (κ2) is 3.28. The van der Waals surface area contributed by atoms with Crippen molar-refractivity contribution >= 4 is 11.2 Å². The Kier molecular flexibility index (Phi) is 1.97. The van der Waals surface area contributed by atoms with Crippen molar-refractivity contribution in [3.8, 4) is 12.3 Å². The number of fused-ring (bicyclic) bond motifs is 1. The van der Waals surface area contributed by atoms with Crippen molar-refractivity contribution in [3.05, 3.63) is 24.2 Å². The van der Waals surface area contributed by atoms with Gasteiger partial charge in [0.15, 0.2) is 5.89 Å². The molecule has 64 valence electrons. The predicted octanol–water partition coefficient (Wildman–Crippen LogP) is 1.79. The van der Waals surface area contributed by atoms with Gasteiger partial charge in [-0.2, -0.15) is 0 Å². The molecule has 0 radical (unpaired) electrons. The lowest BCUT2D eigenvalue weighted by Gasteiger charge is -1.84. The Morgan fingerprint density at radius 1 is 1.54 bits per heavy atom. The molecule has 0 spiro atoms. The van der Waals surface area contributed by atoms with Gasteiger partial charge in [0.05, 0.1) is 0 Å². The summed E-state index contributed by atoms with van der Waals surface area (Å²) in [5.74, 6) is 3.20. The summed E-state index contributed by atoms with van der Waals surface area (Å²) < 4.78 is 5.35. The first-order valence-corrected chi connectivity index (χ1v) is 4.04. The molecule has 0 amide bonds. The number of aromatic nitrogens is 2. The van der Waals surface area contributed by atoms with Gasteiger partial charge in [-0.25, -0.2) is 9.97 Å². The number of nitrogens with zero attached hydrogens (tertiary/aromatic N) is 2. The van der Waals surface area contributed by atoms with E-state index in [2.05, 4.69) is 15.9 Å². The minimum absolute atomic E-state index is 0.578. The maximum atomic E-state index is 5.35. The van der Waals surface area contributed by atoms with Gasteiger partial charge in [-0.05, 0) is 12.1 Å². The number of aryl methyl sites for hydroxylation is 1. The molecule has 13 heavy (non-hydrogen) atoms. The molecule has 0 aliphatic carbocycles. The average Bonchev–Trinajstić information content (AvgIpc) is 2.57. The van der Waals surface area contributed by atoms with E-state index in [0.717, 1.165) is 5.52 Å². The molecule has 0 atom stereocenters. The third-order valence-electron chi connectivity index (χ3n) is 1.69. The minimum Gasteiger partial charge on any atom is -0.422 e. The lowest BCUT2D eigenvalue weighted by molar-refractivity contribution is 0.523. The van der Waals surface area contributed by atoms with Crippen LogP contribution in [0.3, 0.4) is 0 Å². The van der Waals surface area contributed by atoms with Crippen molar-refractivity contribution in [2.45, 2.75) is 12.8 Å². The SMILES string of the molecule is C#CCCc1nc2cccnc2o1. The predicted molar refractivity (Wildman–Crippen MR) is 49.0 cm³/mol. The molecule has 0 aromatic carbocycles. The van der Waals surface area contributed by atoms with Gasteiger partial charge < -0.3 is 4.42 Å². The van der Waals surface area contributed by atoms with Gasteiger partial charge in [0, 0.05) is 19.0 Å². The van der Waals surface area contributed by atoms with Gasteiger partial charge in [-0.1, -0.05) is 0 Å². The number of terminal acetylenes is 1. The van der Waals surface area contributed by atoms with E-state index in [1.807, 2.05) is 12.1 Å². The number of oxazole rings is 1. The Morgan fingerprint density at radius 2 is 2.46 bits per heavy atom. The van der Waals surface area contributed by atoms with Crippen LogP contribution >= 0.6 is 0 Å². The Morgan fingerprint density at radius 3 is 3.23 bits per heavy atom. The summed E-state index contributed by atoms with van der Waals surface area (Å²) in [4.78, 5) is 8.25. The molecule has 0 N–H and O–H groups in total. The number of pyridine rings is 1. The summed E-state index contributed by atoms with van der Waals surface area (Å²) >= 11 is 0. The van der Waals surface area contributed by atoms with Crippen LogP contribution in [0.4, 0.5) is 0 Å². The molecule has 0 aliphatic rings. The molecule has 2 aromatic rings. The zero-order valence-corrected chi connectivity index (χ0v) is 7.03. The van der Waals surface area contributed by atoms with Crippen LogP contribution < -0.4 is 0 Å². The summed E-state index contributed by atoms with van der Waals surface area (Å²) in [6.45, 7) is 0. The normalized spacial score (nSPS) is 10.1. The van der Waals surface area contributed by atoms with Gasteiger partial charge in [0.1, 0.15) is 5.52 Å². The van der Waals surface area contributed by atoms with Crippen molar-refractivity contribution in [2.75, 3.05) is 0 Å². The molecule has 2 rings (SSSR count). The Balaban J connectivity index is 2.34. The number of hydrogen-bond donors (Lipinski definition) is 0. The van der Waals surface area contributed by atoms with Crippen LogP contribution in [0, 0.1) is 12.3 Å². The summed E-state index contributed by atoms with van der Waals surface area (Å²) in [6.07, 6.45) is 8.13. The molecule has 2 heterocycles. The Hall–Kier alpha value is -1.82. The number of hydrogen-bond acceptors (Lipinski definition) is 3. The molecule has 3 nitrogen and oxygen atoms in total. The quantitative estimate of drug-likeness (QED) is 0.648. The highest BCUT2D eigenvalue weighted by Crippen LogP contribution is 2.12. The van der Waals surface area contributed by atoms with E-state index < -0.39 is 0 Å². The topological polar surface area (TPSA) is 38.9 Å². The van der Waals surface area contributed by atoms with Crippen molar-refractivity contribution in [1.29, 1.82) is 0 Å². The van der Waals surface area contributed by atoms with Gasteiger partial charge in [-0.3, -0.25) is 0 Å². The molecule has 0 aliphatic heterocycles. The lowest BCUT2D eigenvalue weighted by atomic mass is 10.3. The molecule has 0 saturated heterocycles. The van der Waals surface area contributed by atoms with Gasteiger partial charge in [0.25, 0.3) is 0 Å². The van der Waals surface area contributed by atoms with Crippen LogP contribution in [0.25, 0.3) is 11.2 Å². The van der Waals surface area contributed by atoms with Crippen LogP contribution in [-0.2, 0) is 6.42 Å². The monoisotopic (exact) mass is 172 g/mol. The standard InChI is InChI=1S/C10H8N2O/c1-2-3-6-9-12-8-5-4-7-11-10(8)13-9/h1,4-5,7H,3,6H2. The lowest BCUT2D eigenvalue weighted by Crippen LogP contribution is -1.81. The fourth-order valence-corrected chi connectivity index (χ4v) is 1.10. The largest absolute Gasteiger partial charge is 0.422 e. The summed E-state index contributed by atoms with van der Waals surface area (Å²) in [6, 6.07) is 3.70. The van der Waals surface area contributed by atoms with E-state index >= 15 is 0 Å². The van der Waals surface area contributed by atoms with E-state index in [9.17, 15) is 0 Å². The maximum Gasteiger partial charge on any atom is 0.246 e. The molecule has 3 heteroatoms. The van der Waals surface area contributed by atoms with Crippen LogP contribution in [0.5, 0.6) is 0 Å². The molecular formula is C10H8N2O. The molecule has 2 aromatic heterocycles. The van der Waals surface area contributed by atoms with E-state index in [0.29, 0.717) is 24.4 Å². The highest BCUT2D eigenvalue weighted by molar-refractivity contribution is 5.67. The van der Waals surface area contributed by atoms with Gasteiger partial charge in [-0.15, -0.1) is 12.3 Å². The summed E-state index contributed by atoms with van der Waals surface area (Å²) in [7, 11) is 0. The first-order valence-electron chi connectivity index (χ1n) is 4.04. The molecule has 0 saturated carbocycles. The van der Waals surface area contributed by atoms with E-state index in [-0.39, 0.29) is 0 Å². The summed E-state index contributed by atoms with van der Waals surface area (Å²) in [5.41, 5.74) is 1.36. The zero-order chi connectivity index (χ0) is 9.10. The Labute approximate surface area is 75.8 Å². The van der Waals surface area contributed by atoms with Crippen LogP contribution in [0.2, 0.25) is 0 Å². The van der Waals surface area contributed by atoms with Crippen LogP contribution in [0.1, 0.15) is 12.3 Å². The van der Waals surface area contributed by atoms with Crippen molar-refractivity contribution in [2.24, 2.45) is 0 Å². The zero-order valence-electron chi connectivity index (χ0n) is 7.03. The van der Waals surface area contributed by atoms with Crippen LogP contribution in [0.15, 0.2) is 22.7 Å². The molecular weight excluding hydrogens is 164 g/mol. The number of rotatable bonds is 2. The first kappa shape index (κ1) is 7.81. The van der Waals surface area contributed by atoms with Gasteiger partial charge >= 0.3 is 0 Å². The first-order chi connectivity index (χ1) is 6.40. The summed E-state index contributed by atoms with van der Waals surface area (Å²) in [5, 5.41) is 0. The van der Waals surface area contributed by atoms with E-state index in [1.165, 1.54) is 0 Å². The fourth-order valence-electron chi connectivity index (χ4n) is 1.10. The van der Waals surface area contributed by atoms with Crippen molar-refractivity contribution in [1.82, 2.24) is 9.97 Å². The second-order valence-electron chi connectivity index (χ2n) is 2.64. The van der Waals surface area contributed by atoms with Crippen molar-refractivity contribution in [3.63, 3.8) is 0 Å². The highest BCUT2D eigenvalue weighted by atomic mass is 16.4. The van der Waals surface area contributed by atoms with Gasteiger partial charge in [0.2, 0.25) is 5.71 Å². The van der Waals surface area contributed by atoms with Crippen molar-refractivity contribution < 1.29 is 4.42 Å². The molecule has 0 unspecified atom stereocenters. The van der Waals surface area contributed by atoms with Crippen LogP contribution in [-0.4, -0.2) is 9.97 Å². The fraction of sp³-hybridized carbons (Fsp3) is 0.200. The average molecular weight is 172 g/mol. The molecule has 0 fully saturated rings. The smallest absolute Gasteiger partial charge is 0.246 e.